The summed E-state index contributed by atoms with van der Waals surface area (Å²) in [6, 6.07) is -0.308. The van der Waals surface area contributed by atoms with Gasteiger partial charge in [0.15, 0.2) is 0 Å². The first-order chi connectivity index (χ1) is 13.5. The van der Waals surface area contributed by atoms with Crippen molar-refractivity contribution >= 4 is 17.8 Å². The molecule has 0 aromatic rings. The topological polar surface area (TPSA) is 73.0 Å². The minimum absolute atomic E-state index is 0.0380. The van der Waals surface area contributed by atoms with Crippen LogP contribution in [0.5, 0.6) is 0 Å². The molecule has 4 fully saturated rings. The quantitative estimate of drug-likeness (QED) is 0.745. The monoisotopic (exact) mass is 390 g/mol. The van der Waals surface area contributed by atoms with Gasteiger partial charge in [-0.3, -0.25) is 14.5 Å². The predicted molar refractivity (Wildman–Crippen MR) is 106 cm³/mol. The Labute approximate surface area is 167 Å². The first-order valence-corrected chi connectivity index (χ1v) is 11.2. The Balaban J connectivity index is 1.32. The van der Waals surface area contributed by atoms with Crippen LogP contribution >= 0.6 is 0 Å². The maximum Gasteiger partial charge on any atom is 0.325 e. The number of nitrogens with one attached hydrogen (secondary N) is 1. The van der Waals surface area contributed by atoms with E-state index < -0.39 is 5.54 Å². The molecule has 1 spiro atoms. The normalized spacial score (nSPS) is 27.0. The maximum absolute atomic E-state index is 13.2. The first-order valence-electron chi connectivity index (χ1n) is 11.2. The van der Waals surface area contributed by atoms with Crippen molar-refractivity contribution in [3.05, 3.63) is 0 Å². The average Bonchev–Trinajstić information content (AvgIpc) is 3.29. The summed E-state index contributed by atoms with van der Waals surface area (Å²) in [7, 11) is 0. The minimum Gasteiger partial charge on any atom is -0.343 e. The Hall–Kier alpha value is -1.63. The van der Waals surface area contributed by atoms with E-state index in [0.717, 1.165) is 19.6 Å². The summed E-state index contributed by atoms with van der Waals surface area (Å²) >= 11 is 0. The molecule has 0 aromatic carbocycles. The molecule has 3 saturated heterocycles. The molecule has 1 saturated carbocycles. The summed E-state index contributed by atoms with van der Waals surface area (Å²) < 4.78 is 0. The fourth-order valence-electron chi connectivity index (χ4n) is 5.53. The third-order valence-electron chi connectivity index (χ3n) is 7.47. The summed E-state index contributed by atoms with van der Waals surface area (Å²) in [6.07, 6.45) is 8.34. The Bertz CT molecular complexity index is 615. The van der Waals surface area contributed by atoms with E-state index in [1.807, 2.05) is 4.90 Å². The van der Waals surface area contributed by atoms with Crippen molar-refractivity contribution in [1.29, 1.82) is 0 Å². The number of rotatable bonds is 4. The number of hydrogen-bond donors (Lipinski definition) is 1. The third-order valence-corrected chi connectivity index (χ3v) is 7.47. The molecule has 4 aliphatic rings. The van der Waals surface area contributed by atoms with Crippen molar-refractivity contribution in [3.63, 3.8) is 0 Å². The van der Waals surface area contributed by atoms with Gasteiger partial charge in [-0.05, 0) is 51.0 Å². The van der Waals surface area contributed by atoms with E-state index in [4.69, 9.17) is 0 Å². The van der Waals surface area contributed by atoms with Gasteiger partial charge in [-0.25, -0.2) is 4.79 Å². The van der Waals surface area contributed by atoms with Crippen molar-refractivity contribution in [1.82, 2.24) is 20.0 Å². The molecule has 1 N–H and O–H groups in total. The van der Waals surface area contributed by atoms with E-state index in [2.05, 4.69) is 17.1 Å². The highest BCUT2D eigenvalue weighted by Gasteiger charge is 2.54. The van der Waals surface area contributed by atoms with Crippen LogP contribution in [0.15, 0.2) is 0 Å². The SMILES string of the molecule is CCN1CCC2(CC1)NC(=O)N(C1CCN(C(=O)CC3CCCC3)CC1)C2=O. The van der Waals surface area contributed by atoms with Crippen molar-refractivity contribution < 1.29 is 14.4 Å². The van der Waals surface area contributed by atoms with E-state index in [9.17, 15) is 14.4 Å². The molecule has 7 nitrogen and oxygen atoms in total. The molecule has 0 atom stereocenters. The highest BCUT2D eigenvalue weighted by atomic mass is 16.2. The number of carbonyl (C=O) groups excluding carboxylic acids is 3. The van der Waals surface area contributed by atoms with Gasteiger partial charge < -0.3 is 15.1 Å². The standard InChI is InChI=1S/C21H34N4O3/c1-2-23-13-9-21(10-14-23)19(27)25(20(28)22-21)17-7-11-24(12-8-17)18(26)15-16-5-3-4-6-16/h16-17H,2-15H2,1H3,(H,22,28). The molecule has 156 valence electrons. The average molecular weight is 391 g/mol. The second-order valence-corrected chi connectivity index (χ2v) is 9.09. The molecule has 4 rings (SSSR count). The largest absolute Gasteiger partial charge is 0.343 e. The molecule has 1 aliphatic carbocycles. The number of amides is 4. The van der Waals surface area contributed by atoms with Crippen LogP contribution in [0, 0.1) is 5.92 Å². The predicted octanol–water partition coefficient (Wildman–Crippen LogP) is 1.96. The molecule has 0 bridgehead atoms. The fraction of sp³-hybridized carbons (Fsp3) is 0.857. The molecule has 0 radical (unpaired) electrons. The molecular weight excluding hydrogens is 356 g/mol. The highest BCUT2D eigenvalue weighted by Crippen LogP contribution is 2.33. The second-order valence-electron chi connectivity index (χ2n) is 9.09. The number of hydrogen-bond acceptors (Lipinski definition) is 4. The fourth-order valence-corrected chi connectivity index (χ4v) is 5.53. The lowest BCUT2D eigenvalue weighted by Gasteiger charge is -2.38. The van der Waals surface area contributed by atoms with Crippen LogP contribution in [0.2, 0.25) is 0 Å². The molecule has 3 heterocycles. The Morgan fingerprint density at radius 2 is 1.68 bits per heavy atom. The van der Waals surface area contributed by atoms with Crippen molar-refractivity contribution in [2.45, 2.75) is 76.3 Å². The molecule has 0 aromatic heterocycles. The number of likely N-dealkylation sites (tertiary alicyclic amines) is 2. The molecule has 7 heteroatoms. The summed E-state index contributed by atoms with van der Waals surface area (Å²) in [5, 5.41) is 3.02. The van der Waals surface area contributed by atoms with Gasteiger partial charge >= 0.3 is 6.03 Å². The van der Waals surface area contributed by atoms with Crippen molar-refractivity contribution in [2.75, 3.05) is 32.7 Å². The maximum atomic E-state index is 13.2. The van der Waals surface area contributed by atoms with Crippen molar-refractivity contribution in [2.24, 2.45) is 5.92 Å². The van der Waals surface area contributed by atoms with Crippen LogP contribution in [0.3, 0.4) is 0 Å². The van der Waals surface area contributed by atoms with Gasteiger partial charge in [0.1, 0.15) is 5.54 Å². The zero-order valence-electron chi connectivity index (χ0n) is 17.1. The van der Waals surface area contributed by atoms with Gasteiger partial charge in [0.25, 0.3) is 5.91 Å². The highest BCUT2D eigenvalue weighted by molar-refractivity contribution is 6.07. The number of piperidine rings is 2. The second kappa shape index (κ2) is 8.01. The van der Waals surface area contributed by atoms with Crippen molar-refractivity contribution in [3.8, 4) is 0 Å². The van der Waals surface area contributed by atoms with Crippen LogP contribution in [-0.2, 0) is 9.59 Å². The van der Waals surface area contributed by atoms with Gasteiger partial charge in [-0.15, -0.1) is 0 Å². The van der Waals surface area contributed by atoms with Crippen LogP contribution in [0.4, 0.5) is 4.79 Å². The zero-order valence-corrected chi connectivity index (χ0v) is 17.1. The zero-order chi connectivity index (χ0) is 19.7. The van der Waals surface area contributed by atoms with E-state index in [-0.39, 0.29) is 23.9 Å². The number of urea groups is 1. The lowest BCUT2D eigenvalue weighted by molar-refractivity contribution is -0.136. The number of imide groups is 1. The van der Waals surface area contributed by atoms with Crippen LogP contribution in [-0.4, -0.2) is 76.8 Å². The van der Waals surface area contributed by atoms with E-state index in [1.165, 1.54) is 30.6 Å². The van der Waals surface area contributed by atoms with Gasteiger partial charge in [-0.2, -0.15) is 0 Å². The van der Waals surface area contributed by atoms with Gasteiger partial charge in [0.2, 0.25) is 5.91 Å². The smallest absolute Gasteiger partial charge is 0.325 e. The van der Waals surface area contributed by atoms with E-state index in [0.29, 0.717) is 51.1 Å². The summed E-state index contributed by atoms with van der Waals surface area (Å²) in [5.41, 5.74) is -0.696. The summed E-state index contributed by atoms with van der Waals surface area (Å²) in [4.78, 5) is 44.2. The Morgan fingerprint density at radius 3 is 2.29 bits per heavy atom. The Morgan fingerprint density at radius 1 is 1.04 bits per heavy atom. The number of nitrogens with zero attached hydrogens (tertiary/aromatic N) is 3. The van der Waals surface area contributed by atoms with Crippen LogP contribution < -0.4 is 5.32 Å². The van der Waals surface area contributed by atoms with E-state index >= 15 is 0 Å². The van der Waals surface area contributed by atoms with Crippen LogP contribution in [0.1, 0.15) is 64.7 Å². The van der Waals surface area contributed by atoms with Gasteiger partial charge in [0, 0.05) is 38.6 Å². The summed E-state index contributed by atoms with van der Waals surface area (Å²) in [6.45, 7) is 6.12. The summed E-state index contributed by atoms with van der Waals surface area (Å²) in [5.74, 6) is 0.778. The molecule has 4 amide bonds. The lowest BCUT2D eigenvalue weighted by Crippen LogP contribution is -2.55. The van der Waals surface area contributed by atoms with Gasteiger partial charge in [-0.1, -0.05) is 19.8 Å². The number of carbonyl (C=O) groups is 3. The molecule has 28 heavy (non-hydrogen) atoms. The molecular formula is C21H34N4O3. The Kier molecular flexibility index (Phi) is 5.63. The molecule has 3 aliphatic heterocycles. The van der Waals surface area contributed by atoms with Crippen LogP contribution in [0.25, 0.3) is 0 Å². The first kappa shape index (κ1) is 19.7. The van der Waals surface area contributed by atoms with Gasteiger partial charge in [0.05, 0.1) is 0 Å². The minimum atomic E-state index is -0.696. The van der Waals surface area contributed by atoms with E-state index in [1.54, 1.807) is 0 Å². The lowest BCUT2D eigenvalue weighted by atomic mass is 9.87. The third kappa shape index (κ3) is 3.65. The molecule has 0 unspecified atom stereocenters.